The lowest BCUT2D eigenvalue weighted by Crippen LogP contribution is -2.17. The van der Waals surface area contributed by atoms with Gasteiger partial charge in [-0.05, 0) is 30.3 Å². The number of carbonyl (C=O) groups is 3. The predicted octanol–water partition coefficient (Wildman–Crippen LogP) is 4.02. The van der Waals surface area contributed by atoms with Gasteiger partial charge in [-0.25, -0.2) is 0 Å². The number of hydrogen-bond donors (Lipinski definition) is 1. The number of amides is 2. The van der Waals surface area contributed by atoms with Crippen molar-refractivity contribution in [1.29, 1.82) is 0 Å². The standard InChI is InChI=1S/C19H12N2O4S/c1-10(22)11-2-4-12(5-3-11)15-9-20-8-13-6-14(25-17(13)15)7-16-18(23)21-19(24)26-16/h2-9H,1H3,(H,21,23,24)/b16-7-. The highest BCUT2D eigenvalue weighted by atomic mass is 32.2. The molecular weight excluding hydrogens is 352 g/mol. The lowest BCUT2D eigenvalue weighted by Gasteiger charge is -2.03. The normalized spacial score (nSPS) is 15.7. The van der Waals surface area contributed by atoms with E-state index in [0.29, 0.717) is 16.9 Å². The Morgan fingerprint density at radius 2 is 1.96 bits per heavy atom. The second-order valence-electron chi connectivity index (χ2n) is 5.74. The average Bonchev–Trinajstić information content (AvgIpc) is 3.17. The van der Waals surface area contributed by atoms with Crippen LogP contribution >= 0.6 is 11.8 Å². The topological polar surface area (TPSA) is 89.3 Å². The van der Waals surface area contributed by atoms with Crippen LogP contribution in [0.25, 0.3) is 28.2 Å². The third kappa shape index (κ3) is 2.93. The Kier molecular flexibility index (Phi) is 3.93. The van der Waals surface area contributed by atoms with Crippen LogP contribution in [0.15, 0.2) is 52.0 Å². The highest BCUT2D eigenvalue weighted by Crippen LogP contribution is 2.32. The zero-order valence-electron chi connectivity index (χ0n) is 13.6. The summed E-state index contributed by atoms with van der Waals surface area (Å²) in [7, 11) is 0. The lowest BCUT2D eigenvalue weighted by atomic mass is 10.0. The molecule has 1 fully saturated rings. The lowest BCUT2D eigenvalue weighted by molar-refractivity contribution is -0.115. The third-order valence-corrected chi connectivity index (χ3v) is 4.77. The molecule has 0 spiro atoms. The van der Waals surface area contributed by atoms with Crippen LogP contribution in [0.5, 0.6) is 0 Å². The molecule has 1 aromatic carbocycles. The Bertz CT molecular complexity index is 1100. The Hall–Kier alpha value is -3.19. The molecule has 0 saturated carbocycles. The molecule has 0 atom stereocenters. The van der Waals surface area contributed by atoms with Crippen LogP contribution < -0.4 is 5.32 Å². The fourth-order valence-corrected chi connectivity index (χ4v) is 3.36. The number of ketones is 1. The largest absolute Gasteiger partial charge is 0.456 e. The summed E-state index contributed by atoms with van der Waals surface area (Å²) in [5.74, 6) is 0.0299. The van der Waals surface area contributed by atoms with E-state index in [1.54, 1.807) is 30.6 Å². The van der Waals surface area contributed by atoms with E-state index in [0.717, 1.165) is 28.3 Å². The number of aromatic nitrogens is 1. The number of fused-ring (bicyclic) bond motifs is 1. The summed E-state index contributed by atoms with van der Waals surface area (Å²) in [6.45, 7) is 1.52. The minimum Gasteiger partial charge on any atom is -0.456 e. The summed E-state index contributed by atoms with van der Waals surface area (Å²) < 4.78 is 5.89. The van der Waals surface area contributed by atoms with Gasteiger partial charge in [0, 0.05) is 35.0 Å². The van der Waals surface area contributed by atoms with Crippen molar-refractivity contribution in [3.63, 3.8) is 0 Å². The van der Waals surface area contributed by atoms with Crippen molar-refractivity contribution in [2.45, 2.75) is 6.92 Å². The SMILES string of the molecule is CC(=O)c1ccc(-c2cncc3cc(/C=C4\SC(=O)NC4=O)oc23)cc1. The Morgan fingerprint density at radius 3 is 2.62 bits per heavy atom. The molecular formula is C19H12N2O4S. The number of imide groups is 1. The van der Waals surface area contributed by atoms with Crippen LogP contribution in [0.3, 0.4) is 0 Å². The van der Waals surface area contributed by atoms with E-state index in [-0.39, 0.29) is 10.7 Å². The van der Waals surface area contributed by atoms with Gasteiger partial charge in [0.05, 0.1) is 4.91 Å². The number of furan rings is 1. The molecule has 2 amide bonds. The molecule has 7 heteroatoms. The zero-order chi connectivity index (χ0) is 18.3. The van der Waals surface area contributed by atoms with Gasteiger partial charge in [0.2, 0.25) is 0 Å². The molecule has 0 aliphatic carbocycles. The maximum atomic E-state index is 11.7. The summed E-state index contributed by atoms with van der Waals surface area (Å²) in [6, 6.07) is 8.96. The first-order valence-corrected chi connectivity index (χ1v) is 8.57. The van der Waals surface area contributed by atoms with Crippen LogP contribution in [0.1, 0.15) is 23.0 Å². The van der Waals surface area contributed by atoms with E-state index in [1.807, 2.05) is 12.1 Å². The van der Waals surface area contributed by atoms with Gasteiger partial charge in [0.1, 0.15) is 11.3 Å². The number of pyridine rings is 1. The van der Waals surface area contributed by atoms with E-state index in [9.17, 15) is 14.4 Å². The molecule has 4 rings (SSSR count). The molecule has 1 N–H and O–H groups in total. The van der Waals surface area contributed by atoms with Crippen LogP contribution in [0.2, 0.25) is 0 Å². The molecule has 0 radical (unpaired) electrons. The summed E-state index contributed by atoms with van der Waals surface area (Å²) in [4.78, 5) is 38.9. The van der Waals surface area contributed by atoms with E-state index in [2.05, 4.69) is 10.3 Å². The van der Waals surface area contributed by atoms with Crippen molar-refractivity contribution in [1.82, 2.24) is 10.3 Å². The van der Waals surface area contributed by atoms with Gasteiger partial charge in [-0.15, -0.1) is 0 Å². The van der Waals surface area contributed by atoms with Crippen LogP contribution in [-0.2, 0) is 4.79 Å². The number of hydrogen-bond acceptors (Lipinski definition) is 6. The first-order valence-electron chi connectivity index (χ1n) is 7.75. The monoisotopic (exact) mass is 364 g/mol. The summed E-state index contributed by atoms with van der Waals surface area (Å²) >= 11 is 0.837. The second kappa shape index (κ2) is 6.27. The van der Waals surface area contributed by atoms with Gasteiger partial charge >= 0.3 is 0 Å². The van der Waals surface area contributed by atoms with Crippen LogP contribution in [-0.4, -0.2) is 21.9 Å². The van der Waals surface area contributed by atoms with Gasteiger partial charge in [-0.2, -0.15) is 0 Å². The van der Waals surface area contributed by atoms with Crippen molar-refractivity contribution in [2.24, 2.45) is 0 Å². The number of rotatable bonds is 3. The first kappa shape index (κ1) is 16.3. The van der Waals surface area contributed by atoms with Crippen molar-refractivity contribution >= 4 is 45.7 Å². The van der Waals surface area contributed by atoms with Crippen LogP contribution in [0.4, 0.5) is 4.79 Å². The smallest absolute Gasteiger partial charge is 0.290 e. The molecule has 1 aliphatic heterocycles. The number of Topliss-reactive ketones (excluding diaryl/α,β-unsaturated/α-hetero) is 1. The van der Waals surface area contributed by atoms with E-state index in [4.69, 9.17) is 4.42 Å². The molecule has 128 valence electrons. The van der Waals surface area contributed by atoms with Gasteiger partial charge in [-0.3, -0.25) is 24.7 Å². The molecule has 0 unspecified atom stereocenters. The van der Waals surface area contributed by atoms with Crippen molar-refractivity contribution in [2.75, 3.05) is 0 Å². The van der Waals surface area contributed by atoms with Gasteiger partial charge < -0.3 is 4.42 Å². The number of nitrogens with one attached hydrogen (secondary N) is 1. The highest BCUT2D eigenvalue weighted by molar-refractivity contribution is 8.18. The summed E-state index contributed by atoms with van der Waals surface area (Å²) in [5.41, 5.74) is 2.90. The van der Waals surface area contributed by atoms with Gasteiger partial charge in [0.25, 0.3) is 11.1 Å². The Morgan fingerprint density at radius 1 is 1.19 bits per heavy atom. The molecule has 1 aliphatic rings. The molecule has 3 aromatic rings. The highest BCUT2D eigenvalue weighted by Gasteiger charge is 2.25. The minimum atomic E-state index is -0.432. The quantitative estimate of drug-likeness (QED) is 0.558. The minimum absolute atomic E-state index is 0.00156. The fourth-order valence-electron chi connectivity index (χ4n) is 2.69. The predicted molar refractivity (Wildman–Crippen MR) is 98.6 cm³/mol. The average molecular weight is 364 g/mol. The van der Waals surface area contributed by atoms with E-state index >= 15 is 0 Å². The number of nitrogens with zero attached hydrogens (tertiary/aromatic N) is 1. The van der Waals surface area contributed by atoms with E-state index < -0.39 is 11.1 Å². The Labute approximate surface area is 152 Å². The molecule has 1 saturated heterocycles. The molecule has 0 bridgehead atoms. The first-order chi connectivity index (χ1) is 12.5. The third-order valence-electron chi connectivity index (χ3n) is 3.96. The summed E-state index contributed by atoms with van der Waals surface area (Å²) in [5, 5.41) is 2.59. The zero-order valence-corrected chi connectivity index (χ0v) is 14.4. The molecule has 26 heavy (non-hydrogen) atoms. The fraction of sp³-hybridized carbons (Fsp3) is 0.0526. The maximum absolute atomic E-state index is 11.7. The van der Waals surface area contributed by atoms with E-state index in [1.165, 1.54) is 13.0 Å². The van der Waals surface area contributed by atoms with Gasteiger partial charge in [-0.1, -0.05) is 24.3 Å². The maximum Gasteiger partial charge on any atom is 0.290 e. The number of benzene rings is 1. The van der Waals surface area contributed by atoms with Crippen molar-refractivity contribution < 1.29 is 18.8 Å². The molecule has 6 nitrogen and oxygen atoms in total. The van der Waals surface area contributed by atoms with Crippen LogP contribution in [0, 0.1) is 0 Å². The molecule has 2 aromatic heterocycles. The van der Waals surface area contributed by atoms with Gasteiger partial charge in [0.15, 0.2) is 5.78 Å². The summed E-state index contributed by atoms with van der Waals surface area (Å²) in [6.07, 6.45) is 4.89. The number of carbonyl (C=O) groups excluding carboxylic acids is 3. The molecule has 3 heterocycles. The van der Waals surface area contributed by atoms with Crippen molar-refractivity contribution in [3.8, 4) is 11.1 Å². The number of thioether (sulfide) groups is 1. The van der Waals surface area contributed by atoms with Crippen molar-refractivity contribution in [3.05, 3.63) is 59.0 Å². The second-order valence-corrected chi connectivity index (χ2v) is 6.75. The Balaban J connectivity index is 1.76.